The van der Waals surface area contributed by atoms with E-state index in [4.69, 9.17) is 21.1 Å². The highest BCUT2D eigenvalue weighted by atomic mass is 35.5. The van der Waals surface area contributed by atoms with E-state index in [1.165, 1.54) is 14.2 Å². The van der Waals surface area contributed by atoms with Crippen molar-refractivity contribution in [3.8, 4) is 11.5 Å². The van der Waals surface area contributed by atoms with Crippen LogP contribution in [0, 0.1) is 0 Å². The van der Waals surface area contributed by atoms with Crippen molar-refractivity contribution < 1.29 is 14.3 Å². The Morgan fingerprint density at radius 2 is 1.67 bits per heavy atom. The van der Waals surface area contributed by atoms with E-state index in [1.807, 2.05) is 31.2 Å². The molecule has 0 aliphatic carbocycles. The largest absolute Gasteiger partial charge is 0.493 e. The fraction of sp³-hybridized carbons (Fsp3) is 0.235. The molecule has 2 aromatic carbocycles. The Hall–Kier alpha value is -2.00. The summed E-state index contributed by atoms with van der Waals surface area (Å²) in [5.41, 5.74) is 2.07. The smallest absolute Gasteiger partial charge is 0.194 e. The number of carbonyl (C=O) groups is 1. The molecule has 0 atom stereocenters. The molecule has 3 nitrogen and oxygen atoms in total. The number of benzene rings is 2. The highest BCUT2D eigenvalue weighted by molar-refractivity contribution is 6.35. The number of hydrogen-bond donors (Lipinski definition) is 0. The van der Waals surface area contributed by atoms with Gasteiger partial charge in [0.1, 0.15) is 0 Å². The van der Waals surface area contributed by atoms with Crippen LogP contribution in [-0.2, 0) is 6.42 Å². The van der Waals surface area contributed by atoms with Crippen LogP contribution >= 0.6 is 11.6 Å². The molecule has 0 fully saturated rings. The summed E-state index contributed by atoms with van der Waals surface area (Å²) in [6, 6.07) is 10.8. The number of halogens is 1. The number of carbonyl (C=O) groups excluding carboxylic acids is 1. The molecule has 0 heterocycles. The average molecular weight is 305 g/mol. The van der Waals surface area contributed by atoms with E-state index < -0.39 is 0 Å². The fourth-order valence-electron chi connectivity index (χ4n) is 2.22. The zero-order valence-electron chi connectivity index (χ0n) is 12.3. The lowest BCUT2D eigenvalue weighted by molar-refractivity contribution is 0.103. The van der Waals surface area contributed by atoms with Gasteiger partial charge in [0.25, 0.3) is 0 Å². The minimum Gasteiger partial charge on any atom is -0.493 e. The zero-order valence-corrected chi connectivity index (χ0v) is 13.0. The van der Waals surface area contributed by atoms with Crippen LogP contribution in [0.4, 0.5) is 0 Å². The van der Waals surface area contributed by atoms with E-state index in [2.05, 4.69) is 0 Å². The van der Waals surface area contributed by atoms with Crippen molar-refractivity contribution in [2.45, 2.75) is 13.3 Å². The van der Waals surface area contributed by atoms with Crippen molar-refractivity contribution in [2.24, 2.45) is 0 Å². The van der Waals surface area contributed by atoms with Crippen molar-refractivity contribution in [3.05, 3.63) is 58.1 Å². The number of ether oxygens (including phenoxy) is 2. The maximum absolute atomic E-state index is 12.7. The second-order valence-electron chi connectivity index (χ2n) is 4.53. The van der Waals surface area contributed by atoms with E-state index in [1.54, 1.807) is 12.1 Å². The van der Waals surface area contributed by atoms with Gasteiger partial charge in [-0.1, -0.05) is 42.8 Å². The number of ketones is 1. The molecule has 2 aromatic rings. The van der Waals surface area contributed by atoms with Gasteiger partial charge in [0.2, 0.25) is 0 Å². The van der Waals surface area contributed by atoms with Crippen LogP contribution < -0.4 is 9.47 Å². The number of rotatable bonds is 5. The van der Waals surface area contributed by atoms with Crippen LogP contribution in [0.1, 0.15) is 28.4 Å². The van der Waals surface area contributed by atoms with E-state index in [0.29, 0.717) is 27.6 Å². The van der Waals surface area contributed by atoms with Gasteiger partial charge in [0, 0.05) is 17.2 Å². The molecule has 4 heteroatoms. The molecule has 0 N–H and O–H groups in total. The Labute approximate surface area is 129 Å². The predicted molar refractivity (Wildman–Crippen MR) is 83.8 cm³/mol. The van der Waals surface area contributed by atoms with Crippen LogP contribution in [0.3, 0.4) is 0 Å². The van der Waals surface area contributed by atoms with Gasteiger partial charge in [-0.15, -0.1) is 0 Å². The summed E-state index contributed by atoms with van der Waals surface area (Å²) in [4.78, 5) is 12.7. The Morgan fingerprint density at radius 3 is 2.29 bits per heavy atom. The normalized spacial score (nSPS) is 10.3. The standard InChI is InChI=1S/C17H17ClO3/c1-4-11-7-5-6-8-12(11)17(19)13-9-15(20-2)16(21-3)10-14(13)18/h5-10H,4H2,1-3H3. The van der Waals surface area contributed by atoms with Gasteiger partial charge in [-0.3, -0.25) is 4.79 Å². The first-order valence-corrected chi connectivity index (χ1v) is 7.04. The first-order chi connectivity index (χ1) is 10.1. The van der Waals surface area contributed by atoms with Gasteiger partial charge in [-0.25, -0.2) is 0 Å². The summed E-state index contributed by atoms with van der Waals surface area (Å²) in [5, 5.41) is 0.351. The monoisotopic (exact) mass is 304 g/mol. The summed E-state index contributed by atoms with van der Waals surface area (Å²) < 4.78 is 10.4. The van der Waals surface area contributed by atoms with Crippen molar-refractivity contribution in [1.82, 2.24) is 0 Å². The SMILES string of the molecule is CCc1ccccc1C(=O)c1cc(OC)c(OC)cc1Cl. The molecule has 0 saturated carbocycles. The molecule has 0 radical (unpaired) electrons. The summed E-state index contributed by atoms with van der Waals surface area (Å²) in [6.07, 6.45) is 0.785. The minimum atomic E-state index is -0.113. The van der Waals surface area contributed by atoms with Gasteiger partial charge >= 0.3 is 0 Å². The van der Waals surface area contributed by atoms with Crippen molar-refractivity contribution >= 4 is 17.4 Å². The molecular formula is C17H17ClO3. The molecule has 0 aliphatic heterocycles. The molecule has 0 aromatic heterocycles. The van der Waals surface area contributed by atoms with Crippen LogP contribution in [0.2, 0.25) is 5.02 Å². The summed E-state index contributed by atoms with van der Waals surface area (Å²) >= 11 is 6.22. The number of methoxy groups -OCH3 is 2. The summed E-state index contributed by atoms with van der Waals surface area (Å²) in [5.74, 6) is 0.875. The first-order valence-electron chi connectivity index (χ1n) is 6.66. The molecular weight excluding hydrogens is 288 g/mol. The third-order valence-electron chi connectivity index (χ3n) is 3.36. The Bertz CT molecular complexity index is 665. The second kappa shape index (κ2) is 6.64. The first kappa shape index (κ1) is 15.4. The van der Waals surface area contributed by atoms with Crippen LogP contribution in [-0.4, -0.2) is 20.0 Å². The van der Waals surface area contributed by atoms with E-state index in [9.17, 15) is 4.79 Å². The molecule has 0 aliphatic rings. The lowest BCUT2D eigenvalue weighted by atomic mass is 9.97. The third-order valence-corrected chi connectivity index (χ3v) is 3.67. The Morgan fingerprint density at radius 1 is 1.05 bits per heavy atom. The van der Waals surface area contributed by atoms with Crippen molar-refractivity contribution in [1.29, 1.82) is 0 Å². The van der Waals surface area contributed by atoms with E-state index in [-0.39, 0.29) is 5.78 Å². The number of aryl methyl sites for hydroxylation is 1. The van der Waals surface area contributed by atoms with Gasteiger partial charge in [-0.2, -0.15) is 0 Å². The second-order valence-corrected chi connectivity index (χ2v) is 4.93. The van der Waals surface area contributed by atoms with Crippen LogP contribution in [0.25, 0.3) is 0 Å². The van der Waals surface area contributed by atoms with Gasteiger partial charge in [-0.05, 0) is 18.1 Å². The molecule has 0 spiro atoms. The maximum Gasteiger partial charge on any atom is 0.194 e. The molecule has 0 unspecified atom stereocenters. The summed E-state index contributed by atoms with van der Waals surface area (Å²) in [7, 11) is 3.06. The van der Waals surface area contributed by atoms with Gasteiger partial charge in [0.15, 0.2) is 17.3 Å². The Balaban J connectivity index is 2.53. The molecule has 0 bridgehead atoms. The Kier molecular flexibility index (Phi) is 4.86. The van der Waals surface area contributed by atoms with E-state index >= 15 is 0 Å². The average Bonchev–Trinajstić information content (AvgIpc) is 2.53. The van der Waals surface area contributed by atoms with Gasteiger partial charge in [0.05, 0.1) is 19.2 Å². The predicted octanol–water partition coefficient (Wildman–Crippen LogP) is 4.15. The summed E-state index contributed by atoms with van der Waals surface area (Å²) in [6.45, 7) is 2.02. The molecule has 2 rings (SSSR count). The minimum absolute atomic E-state index is 0.113. The molecule has 110 valence electrons. The quantitative estimate of drug-likeness (QED) is 0.778. The van der Waals surface area contributed by atoms with E-state index in [0.717, 1.165) is 12.0 Å². The topological polar surface area (TPSA) is 35.5 Å². The van der Waals surface area contributed by atoms with Crippen LogP contribution in [0.5, 0.6) is 11.5 Å². The number of hydrogen-bond acceptors (Lipinski definition) is 3. The lowest BCUT2D eigenvalue weighted by Gasteiger charge is -2.12. The highest BCUT2D eigenvalue weighted by Gasteiger charge is 2.19. The maximum atomic E-state index is 12.7. The lowest BCUT2D eigenvalue weighted by Crippen LogP contribution is -2.06. The zero-order chi connectivity index (χ0) is 15.4. The molecule has 0 amide bonds. The van der Waals surface area contributed by atoms with Crippen molar-refractivity contribution in [3.63, 3.8) is 0 Å². The highest BCUT2D eigenvalue weighted by Crippen LogP contribution is 2.34. The van der Waals surface area contributed by atoms with Gasteiger partial charge < -0.3 is 9.47 Å². The van der Waals surface area contributed by atoms with Crippen LogP contribution in [0.15, 0.2) is 36.4 Å². The third kappa shape index (κ3) is 3.03. The fourth-order valence-corrected chi connectivity index (χ4v) is 2.46. The van der Waals surface area contributed by atoms with Crippen molar-refractivity contribution in [2.75, 3.05) is 14.2 Å². The molecule has 21 heavy (non-hydrogen) atoms. The molecule has 0 saturated heterocycles.